The monoisotopic (exact) mass is 215 g/mol. The van der Waals surface area contributed by atoms with E-state index in [9.17, 15) is 0 Å². The first kappa shape index (κ1) is 11.3. The van der Waals surface area contributed by atoms with Gasteiger partial charge in [-0.1, -0.05) is 36.8 Å². The van der Waals surface area contributed by atoms with Crippen LogP contribution in [0.3, 0.4) is 0 Å². The van der Waals surface area contributed by atoms with Gasteiger partial charge in [0.2, 0.25) is 0 Å². The standard InChI is InChI=1S/C15H21N/c1-3-13(2)12-15-10-7-11-16(15)14-8-5-4-6-9-14/h4-6,8-9,12,15H,3,7,10-11H2,1-2H3/b13-12-. The lowest BCUT2D eigenvalue weighted by Gasteiger charge is -2.25. The molecular weight excluding hydrogens is 194 g/mol. The van der Waals surface area contributed by atoms with E-state index in [4.69, 9.17) is 0 Å². The van der Waals surface area contributed by atoms with Gasteiger partial charge in [-0.2, -0.15) is 0 Å². The minimum Gasteiger partial charge on any atom is -0.365 e. The second-order valence-corrected chi connectivity index (χ2v) is 4.61. The maximum atomic E-state index is 2.53. The molecule has 0 saturated carbocycles. The van der Waals surface area contributed by atoms with Gasteiger partial charge in [0, 0.05) is 18.3 Å². The second-order valence-electron chi connectivity index (χ2n) is 4.61. The van der Waals surface area contributed by atoms with Gasteiger partial charge in [-0.3, -0.25) is 0 Å². The first-order valence-electron chi connectivity index (χ1n) is 6.30. The highest BCUT2D eigenvalue weighted by atomic mass is 15.2. The largest absolute Gasteiger partial charge is 0.365 e. The summed E-state index contributed by atoms with van der Waals surface area (Å²) in [5.41, 5.74) is 2.87. The maximum Gasteiger partial charge on any atom is 0.0476 e. The Balaban J connectivity index is 2.16. The predicted octanol–water partition coefficient (Wildman–Crippen LogP) is 4.01. The van der Waals surface area contributed by atoms with Gasteiger partial charge in [0.25, 0.3) is 0 Å². The molecule has 1 aromatic rings. The third-order valence-corrected chi connectivity index (χ3v) is 3.42. The van der Waals surface area contributed by atoms with Crippen molar-refractivity contribution in [2.75, 3.05) is 11.4 Å². The van der Waals surface area contributed by atoms with E-state index in [1.54, 1.807) is 0 Å². The van der Waals surface area contributed by atoms with Gasteiger partial charge in [0.15, 0.2) is 0 Å². The van der Waals surface area contributed by atoms with E-state index in [1.807, 2.05) is 0 Å². The molecule has 1 heterocycles. The van der Waals surface area contributed by atoms with Crippen molar-refractivity contribution in [2.45, 2.75) is 39.2 Å². The molecule has 1 aliphatic heterocycles. The van der Waals surface area contributed by atoms with Crippen molar-refractivity contribution < 1.29 is 0 Å². The molecule has 86 valence electrons. The highest BCUT2D eigenvalue weighted by Crippen LogP contribution is 2.26. The third kappa shape index (κ3) is 2.46. The van der Waals surface area contributed by atoms with Gasteiger partial charge in [-0.05, 0) is 38.3 Å². The molecule has 2 rings (SSSR count). The van der Waals surface area contributed by atoms with Crippen molar-refractivity contribution in [3.05, 3.63) is 42.0 Å². The molecule has 1 heteroatoms. The second kappa shape index (κ2) is 5.20. The fourth-order valence-electron chi connectivity index (χ4n) is 2.35. The van der Waals surface area contributed by atoms with Crippen molar-refractivity contribution in [3.63, 3.8) is 0 Å². The van der Waals surface area contributed by atoms with E-state index in [1.165, 1.54) is 37.1 Å². The van der Waals surface area contributed by atoms with Crippen molar-refractivity contribution >= 4 is 5.69 Å². The zero-order valence-corrected chi connectivity index (χ0v) is 10.3. The molecule has 1 unspecified atom stereocenters. The summed E-state index contributed by atoms with van der Waals surface area (Å²) in [5.74, 6) is 0. The molecule has 0 spiro atoms. The number of rotatable bonds is 3. The van der Waals surface area contributed by atoms with Crippen molar-refractivity contribution in [2.24, 2.45) is 0 Å². The highest BCUT2D eigenvalue weighted by Gasteiger charge is 2.22. The van der Waals surface area contributed by atoms with Crippen LogP contribution in [0.25, 0.3) is 0 Å². The molecule has 16 heavy (non-hydrogen) atoms. The molecule has 1 nitrogen and oxygen atoms in total. The average molecular weight is 215 g/mol. The Morgan fingerprint density at radius 3 is 2.81 bits per heavy atom. The van der Waals surface area contributed by atoms with Crippen molar-refractivity contribution in [1.82, 2.24) is 0 Å². The summed E-state index contributed by atoms with van der Waals surface area (Å²) >= 11 is 0. The van der Waals surface area contributed by atoms with Crippen LogP contribution in [0.15, 0.2) is 42.0 Å². The lowest BCUT2D eigenvalue weighted by Crippen LogP contribution is -2.27. The summed E-state index contributed by atoms with van der Waals surface area (Å²) in [7, 11) is 0. The molecule has 1 fully saturated rings. The highest BCUT2D eigenvalue weighted by molar-refractivity contribution is 5.49. The Morgan fingerprint density at radius 2 is 2.12 bits per heavy atom. The Labute approximate surface area is 98.8 Å². The summed E-state index contributed by atoms with van der Waals surface area (Å²) < 4.78 is 0. The van der Waals surface area contributed by atoms with Crippen LogP contribution >= 0.6 is 0 Å². The number of anilines is 1. The minimum atomic E-state index is 0.613. The Kier molecular flexibility index (Phi) is 3.66. The number of hydrogen-bond donors (Lipinski definition) is 0. The Morgan fingerprint density at radius 1 is 1.38 bits per heavy atom. The summed E-state index contributed by atoms with van der Waals surface area (Å²) in [5, 5.41) is 0. The topological polar surface area (TPSA) is 3.24 Å². The molecule has 1 saturated heterocycles. The third-order valence-electron chi connectivity index (χ3n) is 3.42. The number of allylic oxidation sites excluding steroid dienone is 1. The molecule has 0 radical (unpaired) electrons. The summed E-state index contributed by atoms with van der Waals surface area (Å²) in [6.45, 7) is 5.66. The van der Waals surface area contributed by atoms with E-state index in [0.29, 0.717) is 6.04 Å². The Bertz CT molecular complexity index is 353. The Hall–Kier alpha value is -1.24. The van der Waals surface area contributed by atoms with Gasteiger partial charge < -0.3 is 4.90 Å². The zero-order chi connectivity index (χ0) is 11.4. The lowest BCUT2D eigenvalue weighted by atomic mass is 10.1. The summed E-state index contributed by atoms with van der Waals surface area (Å²) in [4.78, 5) is 2.53. The van der Waals surface area contributed by atoms with Crippen LogP contribution in [-0.2, 0) is 0 Å². The quantitative estimate of drug-likeness (QED) is 0.689. The van der Waals surface area contributed by atoms with Crippen molar-refractivity contribution in [3.8, 4) is 0 Å². The van der Waals surface area contributed by atoms with Crippen LogP contribution in [0.2, 0.25) is 0 Å². The van der Waals surface area contributed by atoms with Gasteiger partial charge in [-0.15, -0.1) is 0 Å². The molecule has 0 aliphatic carbocycles. The number of nitrogens with zero attached hydrogens (tertiary/aromatic N) is 1. The van der Waals surface area contributed by atoms with Gasteiger partial charge in [-0.25, -0.2) is 0 Å². The van der Waals surface area contributed by atoms with E-state index >= 15 is 0 Å². The molecule has 0 aromatic heterocycles. The normalized spacial score (nSPS) is 21.5. The van der Waals surface area contributed by atoms with E-state index < -0.39 is 0 Å². The smallest absolute Gasteiger partial charge is 0.0476 e. The molecule has 0 bridgehead atoms. The molecule has 0 N–H and O–H groups in total. The average Bonchev–Trinajstić information content (AvgIpc) is 2.78. The van der Waals surface area contributed by atoms with Crippen LogP contribution in [-0.4, -0.2) is 12.6 Å². The summed E-state index contributed by atoms with van der Waals surface area (Å²) in [6, 6.07) is 11.4. The number of para-hydroxylation sites is 1. The lowest BCUT2D eigenvalue weighted by molar-refractivity contribution is 0.793. The van der Waals surface area contributed by atoms with Crippen LogP contribution in [0.4, 0.5) is 5.69 Å². The summed E-state index contributed by atoms with van der Waals surface area (Å²) in [6.07, 6.45) is 6.22. The number of hydrogen-bond acceptors (Lipinski definition) is 1. The van der Waals surface area contributed by atoms with E-state index in [2.05, 4.69) is 55.2 Å². The van der Waals surface area contributed by atoms with Crippen LogP contribution in [0, 0.1) is 0 Å². The molecule has 1 aliphatic rings. The first-order chi connectivity index (χ1) is 7.81. The maximum absolute atomic E-state index is 2.53. The van der Waals surface area contributed by atoms with Gasteiger partial charge in [0.1, 0.15) is 0 Å². The molecule has 1 aromatic carbocycles. The predicted molar refractivity (Wildman–Crippen MR) is 70.9 cm³/mol. The van der Waals surface area contributed by atoms with Gasteiger partial charge >= 0.3 is 0 Å². The van der Waals surface area contributed by atoms with Crippen LogP contribution < -0.4 is 4.90 Å². The minimum absolute atomic E-state index is 0.613. The SMILES string of the molecule is CC/C(C)=C\C1CCCN1c1ccccc1. The van der Waals surface area contributed by atoms with Crippen molar-refractivity contribution in [1.29, 1.82) is 0 Å². The van der Waals surface area contributed by atoms with Gasteiger partial charge in [0.05, 0.1) is 0 Å². The fourth-order valence-corrected chi connectivity index (χ4v) is 2.35. The van der Waals surface area contributed by atoms with E-state index in [-0.39, 0.29) is 0 Å². The molecular formula is C15H21N. The molecule has 0 amide bonds. The fraction of sp³-hybridized carbons (Fsp3) is 0.467. The van der Waals surface area contributed by atoms with E-state index in [0.717, 1.165) is 0 Å². The van der Waals surface area contributed by atoms with Crippen LogP contribution in [0.5, 0.6) is 0 Å². The number of benzene rings is 1. The van der Waals surface area contributed by atoms with Crippen LogP contribution in [0.1, 0.15) is 33.1 Å². The first-order valence-corrected chi connectivity index (χ1v) is 6.30. The molecule has 1 atom stereocenters. The zero-order valence-electron chi connectivity index (χ0n) is 10.3.